The minimum Gasteiger partial charge on any atom is -0.491 e. The Labute approximate surface area is 140 Å². The van der Waals surface area contributed by atoms with Crippen molar-refractivity contribution in [3.05, 3.63) is 59.4 Å². The SMILES string of the molecule is CC(=O)c1ccc(OCC(C)C)c(NC(=O)c2ccccc2F)c1. The number of hydrogen-bond acceptors (Lipinski definition) is 3. The molecule has 2 rings (SSSR count). The highest BCUT2D eigenvalue weighted by molar-refractivity contribution is 6.06. The quantitative estimate of drug-likeness (QED) is 0.803. The van der Waals surface area contributed by atoms with E-state index in [4.69, 9.17) is 4.74 Å². The van der Waals surface area contributed by atoms with Crippen LogP contribution in [0.5, 0.6) is 5.75 Å². The second-order valence-corrected chi connectivity index (χ2v) is 5.91. The van der Waals surface area contributed by atoms with Gasteiger partial charge in [-0.2, -0.15) is 0 Å². The van der Waals surface area contributed by atoms with Crippen LogP contribution in [0.25, 0.3) is 0 Å². The Kier molecular flexibility index (Phi) is 5.68. The van der Waals surface area contributed by atoms with Crippen LogP contribution in [-0.4, -0.2) is 18.3 Å². The molecule has 126 valence electrons. The summed E-state index contributed by atoms with van der Waals surface area (Å²) in [7, 11) is 0. The van der Waals surface area contributed by atoms with Crippen LogP contribution in [-0.2, 0) is 0 Å². The fraction of sp³-hybridized carbons (Fsp3) is 0.263. The average molecular weight is 329 g/mol. The Balaban J connectivity index is 2.31. The minimum absolute atomic E-state index is 0.0689. The molecule has 24 heavy (non-hydrogen) atoms. The van der Waals surface area contributed by atoms with Crippen molar-refractivity contribution in [1.82, 2.24) is 0 Å². The van der Waals surface area contributed by atoms with Gasteiger partial charge in [0.15, 0.2) is 5.78 Å². The van der Waals surface area contributed by atoms with Gasteiger partial charge in [0.1, 0.15) is 11.6 Å². The fourth-order valence-electron chi connectivity index (χ4n) is 2.06. The number of ketones is 1. The highest BCUT2D eigenvalue weighted by Crippen LogP contribution is 2.27. The lowest BCUT2D eigenvalue weighted by atomic mass is 10.1. The van der Waals surface area contributed by atoms with Crippen molar-refractivity contribution in [3.8, 4) is 5.75 Å². The van der Waals surface area contributed by atoms with Crippen LogP contribution >= 0.6 is 0 Å². The predicted octanol–water partition coefficient (Wildman–Crippen LogP) is 4.32. The van der Waals surface area contributed by atoms with Gasteiger partial charge < -0.3 is 10.1 Å². The zero-order valence-electron chi connectivity index (χ0n) is 13.9. The van der Waals surface area contributed by atoms with E-state index in [1.54, 1.807) is 18.2 Å². The molecule has 4 nitrogen and oxygen atoms in total. The summed E-state index contributed by atoms with van der Waals surface area (Å²) in [6.45, 7) is 5.90. The van der Waals surface area contributed by atoms with Crippen LogP contribution in [0.15, 0.2) is 42.5 Å². The van der Waals surface area contributed by atoms with E-state index in [0.29, 0.717) is 29.5 Å². The summed E-state index contributed by atoms with van der Waals surface area (Å²) < 4.78 is 19.4. The van der Waals surface area contributed by atoms with Crippen LogP contribution in [0.3, 0.4) is 0 Å². The summed E-state index contributed by atoms with van der Waals surface area (Å²) in [5.74, 6) is -0.594. The van der Waals surface area contributed by atoms with E-state index in [0.717, 1.165) is 0 Å². The lowest BCUT2D eigenvalue weighted by molar-refractivity contribution is 0.100. The molecule has 0 spiro atoms. The van der Waals surface area contributed by atoms with Crippen molar-refractivity contribution in [2.45, 2.75) is 20.8 Å². The molecule has 0 aliphatic carbocycles. The molecule has 2 aromatic rings. The van der Waals surface area contributed by atoms with Crippen molar-refractivity contribution in [2.75, 3.05) is 11.9 Å². The molecule has 0 bridgehead atoms. The van der Waals surface area contributed by atoms with Gasteiger partial charge in [-0.05, 0) is 43.2 Å². The van der Waals surface area contributed by atoms with Gasteiger partial charge >= 0.3 is 0 Å². The monoisotopic (exact) mass is 329 g/mol. The first kappa shape index (κ1) is 17.7. The Bertz CT molecular complexity index is 756. The number of ether oxygens (including phenoxy) is 1. The van der Waals surface area contributed by atoms with Gasteiger partial charge in [0.05, 0.1) is 17.9 Å². The fourth-order valence-corrected chi connectivity index (χ4v) is 2.06. The summed E-state index contributed by atoms with van der Waals surface area (Å²) in [6, 6.07) is 10.5. The molecular weight excluding hydrogens is 309 g/mol. The van der Waals surface area contributed by atoms with Crippen LogP contribution in [0.2, 0.25) is 0 Å². The van der Waals surface area contributed by atoms with Gasteiger partial charge in [-0.3, -0.25) is 9.59 Å². The predicted molar refractivity (Wildman–Crippen MR) is 91.1 cm³/mol. The van der Waals surface area contributed by atoms with E-state index in [1.807, 2.05) is 13.8 Å². The standard InChI is InChI=1S/C19H20FNO3/c1-12(2)11-24-18-9-8-14(13(3)22)10-17(18)21-19(23)15-6-4-5-7-16(15)20/h4-10,12H,11H2,1-3H3,(H,21,23). The van der Waals surface area contributed by atoms with Crippen molar-refractivity contribution in [1.29, 1.82) is 0 Å². The molecule has 5 heteroatoms. The first-order chi connectivity index (χ1) is 11.4. The summed E-state index contributed by atoms with van der Waals surface area (Å²) in [5, 5.41) is 2.63. The number of rotatable bonds is 6. The van der Waals surface area contributed by atoms with Crippen LogP contribution in [0.4, 0.5) is 10.1 Å². The topological polar surface area (TPSA) is 55.4 Å². The van der Waals surface area contributed by atoms with Crippen molar-refractivity contribution >= 4 is 17.4 Å². The second kappa shape index (κ2) is 7.73. The molecule has 0 aliphatic heterocycles. The third-order valence-corrected chi connectivity index (χ3v) is 3.32. The molecule has 1 N–H and O–H groups in total. The molecule has 0 radical (unpaired) electrons. The van der Waals surface area contributed by atoms with E-state index in [-0.39, 0.29) is 11.3 Å². The number of carbonyl (C=O) groups is 2. The number of amides is 1. The molecular formula is C19H20FNO3. The van der Waals surface area contributed by atoms with Gasteiger partial charge in [-0.15, -0.1) is 0 Å². The molecule has 2 aromatic carbocycles. The maximum atomic E-state index is 13.8. The van der Waals surface area contributed by atoms with E-state index in [9.17, 15) is 14.0 Å². The van der Waals surface area contributed by atoms with Gasteiger partial charge in [0.2, 0.25) is 0 Å². The van der Waals surface area contributed by atoms with E-state index >= 15 is 0 Å². The third-order valence-electron chi connectivity index (χ3n) is 3.32. The first-order valence-electron chi connectivity index (χ1n) is 7.72. The van der Waals surface area contributed by atoms with Crippen molar-refractivity contribution in [3.63, 3.8) is 0 Å². The normalized spacial score (nSPS) is 10.5. The average Bonchev–Trinajstić information content (AvgIpc) is 2.53. The lowest BCUT2D eigenvalue weighted by Gasteiger charge is -2.15. The van der Waals surface area contributed by atoms with E-state index in [2.05, 4.69) is 5.32 Å². The summed E-state index contributed by atoms with van der Waals surface area (Å²) in [6.07, 6.45) is 0. The molecule has 0 atom stereocenters. The Morgan fingerprint density at radius 3 is 2.50 bits per heavy atom. The molecule has 0 saturated heterocycles. The largest absolute Gasteiger partial charge is 0.491 e. The van der Waals surface area contributed by atoms with Gasteiger partial charge in [-0.25, -0.2) is 4.39 Å². The van der Waals surface area contributed by atoms with E-state index in [1.165, 1.54) is 31.2 Å². The number of hydrogen-bond donors (Lipinski definition) is 1. The molecule has 0 aromatic heterocycles. The third kappa shape index (κ3) is 4.41. The van der Waals surface area contributed by atoms with Crippen LogP contribution < -0.4 is 10.1 Å². The molecule has 0 unspecified atom stereocenters. The zero-order chi connectivity index (χ0) is 17.7. The van der Waals surface area contributed by atoms with Gasteiger partial charge in [-0.1, -0.05) is 26.0 Å². The van der Waals surface area contributed by atoms with Crippen molar-refractivity contribution in [2.24, 2.45) is 5.92 Å². The van der Waals surface area contributed by atoms with Crippen LogP contribution in [0.1, 0.15) is 41.5 Å². The zero-order valence-corrected chi connectivity index (χ0v) is 13.9. The molecule has 1 amide bonds. The number of benzene rings is 2. The smallest absolute Gasteiger partial charge is 0.258 e. The number of nitrogens with one attached hydrogen (secondary N) is 1. The summed E-state index contributed by atoms with van der Waals surface area (Å²) >= 11 is 0. The number of halogens is 1. The number of anilines is 1. The molecule has 0 heterocycles. The Hall–Kier alpha value is -2.69. The summed E-state index contributed by atoms with van der Waals surface area (Å²) in [4.78, 5) is 23.9. The highest BCUT2D eigenvalue weighted by Gasteiger charge is 2.15. The van der Waals surface area contributed by atoms with Crippen LogP contribution in [0, 0.1) is 11.7 Å². The minimum atomic E-state index is -0.609. The molecule has 0 aliphatic rings. The number of Topliss-reactive ketones (excluding diaryl/α,β-unsaturated/α-hetero) is 1. The van der Waals surface area contributed by atoms with Crippen molar-refractivity contribution < 1.29 is 18.7 Å². The Morgan fingerprint density at radius 1 is 1.17 bits per heavy atom. The maximum absolute atomic E-state index is 13.8. The summed E-state index contributed by atoms with van der Waals surface area (Å²) in [5.41, 5.74) is 0.716. The van der Waals surface area contributed by atoms with Gasteiger partial charge in [0, 0.05) is 5.56 Å². The molecule has 0 saturated carbocycles. The lowest BCUT2D eigenvalue weighted by Crippen LogP contribution is -2.15. The van der Waals surface area contributed by atoms with Gasteiger partial charge in [0.25, 0.3) is 5.91 Å². The van der Waals surface area contributed by atoms with E-state index < -0.39 is 11.7 Å². The maximum Gasteiger partial charge on any atom is 0.258 e. The molecule has 0 fully saturated rings. The first-order valence-corrected chi connectivity index (χ1v) is 7.72. The Morgan fingerprint density at radius 2 is 1.88 bits per heavy atom. The number of carbonyl (C=O) groups excluding carboxylic acids is 2. The highest BCUT2D eigenvalue weighted by atomic mass is 19.1. The second-order valence-electron chi connectivity index (χ2n) is 5.91.